The molecule has 0 aromatic heterocycles. The third kappa shape index (κ3) is 15.1. The SMILES string of the molecule is CC(C)C[C@H](NC(=O)[C@H](Cc1ccccc1)NC(=O)OC(C)(C)C)C(=O)N[C@@H](CSSC(C)(C)C)C(=O)NN. The first-order valence-corrected chi connectivity index (χ1v) is 15.3. The first-order chi connectivity index (χ1) is 18.0. The molecule has 220 valence electrons. The molecule has 0 saturated carbocycles. The molecule has 1 aromatic carbocycles. The minimum absolute atomic E-state index is 0.0402. The number of nitrogens with one attached hydrogen (secondary N) is 4. The molecule has 12 heteroatoms. The lowest BCUT2D eigenvalue weighted by Gasteiger charge is -2.27. The van der Waals surface area contributed by atoms with Gasteiger partial charge in [-0.15, -0.1) is 0 Å². The van der Waals surface area contributed by atoms with Gasteiger partial charge in [-0.1, -0.05) is 86.5 Å². The molecule has 0 heterocycles. The van der Waals surface area contributed by atoms with E-state index in [9.17, 15) is 19.2 Å². The Morgan fingerprint density at radius 2 is 1.41 bits per heavy atom. The summed E-state index contributed by atoms with van der Waals surface area (Å²) in [5, 5.41) is 8.15. The predicted octanol–water partition coefficient (Wildman–Crippen LogP) is 3.31. The summed E-state index contributed by atoms with van der Waals surface area (Å²) in [5.41, 5.74) is 2.17. The van der Waals surface area contributed by atoms with E-state index in [-0.39, 0.29) is 22.8 Å². The van der Waals surface area contributed by atoms with Crippen LogP contribution in [0.1, 0.15) is 67.4 Å². The standard InChI is InChI=1S/C27H45N5O5S2/c1-17(2)14-19(22(33)30-21(24(35)32-28)16-38-39-27(6,7)8)29-23(34)20(15-18-12-10-9-11-13-18)31-25(36)37-26(3,4)5/h9-13,17,19-21H,14-16,28H2,1-8H3,(H,29,34)(H,30,33)(H,31,36)(H,32,35)/t19-,20-,21-/m0/s1. The van der Waals surface area contributed by atoms with Gasteiger partial charge in [0, 0.05) is 16.9 Å². The maximum Gasteiger partial charge on any atom is 0.408 e. The summed E-state index contributed by atoms with van der Waals surface area (Å²) in [4.78, 5) is 51.7. The molecule has 0 spiro atoms. The highest BCUT2D eigenvalue weighted by Gasteiger charge is 2.31. The number of benzene rings is 1. The Labute approximate surface area is 240 Å². The number of ether oxygens (including phenoxy) is 1. The predicted molar refractivity (Wildman–Crippen MR) is 159 cm³/mol. The first kappa shape index (κ1) is 34.6. The van der Waals surface area contributed by atoms with E-state index in [0.29, 0.717) is 6.42 Å². The summed E-state index contributed by atoms with van der Waals surface area (Å²) < 4.78 is 5.32. The van der Waals surface area contributed by atoms with Crippen LogP contribution in [0.2, 0.25) is 0 Å². The monoisotopic (exact) mass is 583 g/mol. The summed E-state index contributed by atoms with van der Waals surface area (Å²) >= 11 is 0. The van der Waals surface area contributed by atoms with E-state index in [1.807, 2.05) is 65.0 Å². The number of alkyl carbamates (subject to hydrolysis) is 1. The van der Waals surface area contributed by atoms with Crippen LogP contribution >= 0.6 is 21.6 Å². The Morgan fingerprint density at radius 3 is 1.92 bits per heavy atom. The highest BCUT2D eigenvalue weighted by molar-refractivity contribution is 8.77. The molecule has 1 aromatic rings. The third-order valence-corrected chi connectivity index (χ3v) is 8.30. The summed E-state index contributed by atoms with van der Waals surface area (Å²) in [5.74, 6) is 4.12. The number of hydrazine groups is 1. The van der Waals surface area contributed by atoms with Crippen LogP contribution in [0, 0.1) is 5.92 Å². The van der Waals surface area contributed by atoms with Gasteiger partial charge in [0.15, 0.2) is 0 Å². The van der Waals surface area contributed by atoms with Crippen LogP contribution in [0.25, 0.3) is 0 Å². The second-order valence-electron chi connectivity index (χ2n) is 11.6. The van der Waals surface area contributed by atoms with Crippen molar-refractivity contribution in [2.45, 2.75) is 96.7 Å². The van der Waals surface area contributed by atoms with E-state index in [0.717, 1.165) is 5.56 Å². The van der Waals surface area contributed by atoms with Gasteiger partial charge >= 0.3 is 6.09 Å². The van der Waals surface area contributed by atoms with Gasteiger partial charge < -0.3 is 20.7 Å². The van der Waals surface area contributed by atoms with E-state index in [4.69, 9.17) is 10.6 Å². The lowest BCUT2D eigenvalue weighted by Crippen LogP contribution is -2.58. The maximum atomic E-state index is 13.4. The molecular weight excluding hydrogens is 538 g/mol. The van der Waals surface area contributed by atoms with E-state index >= 15 is 0 Å². The van der Waals surface area contributed by atoms with Crippen LogP contribution in [0.15, 0.2) is 30.3 Å². The Morgan fingerprint density at radius 1 is 0.846 bits per heavy atom. The molecule has 1 rings (SSSR count). The highest BCUT2D eigenvalue weighted by Crippen LogP contribution is 2.35. The molecule has 4 amide bonds. The lowest BCUT2D eigenvalue weighted by atomic mass is 10.0. The van der Waals surface area contributed by atoms with Crippen LogP contribution in [-0.2, 0) is 25.5 Å². The van der Waals surface area contributed by atoms with Gasteiger partial charge in [0.2, 0.25) is 11.8 Å². The molecule has 3 atom stereocenters. The lowest BCUT2D eigenvalue weighted by molar-refractivity contribution is -0.132. The summed E-state index contributed by atoms with van der Waals surface area (Å²) in [6.45, 7) is 15.2. The van der Waals surface area contributed by atoms with Crippen molar-refractivity contribution in [3.05, 3.63) is 35.9 Å². The minimum atomic E-state index is -0.994. The molecule has 0 unspecified atom stereocenters. The molecule has 0 aliphatic rings. The largest absolute Gasteiger partial charge is 0.444 e. The van der Waals surface area contributed by atoms with Gasteiger partial charge in [0.25, 0.3) is 5.91 Å². The van der Waals surface area contributed by atoms with Crippen molar-refractivity contribution in [1.82, 2.24) is 21.4 Å². The maximum absolute atomic E-state index is 13.4. The Kier molecular flexibility index (Phi) is 14.2. The van der Waals surface area contributed by atoms with Crippen LogP contribution < -0.4 is 27.2 Å². The number of carbonyl (C=O) groups is 4. The fourth-order valence-electron chi connectivity index (χ4n) is 3.32. The topological polar surface area (TPSA) is 152 Å². The fraction of sp³-hybridized carbons (Fsp3) is 0.630. The van der Waals surface area contributed by atoms with Crippen LogP contribution in [0.5, 0.6) is 0 Å². The van der Waals surface area contributed by atoms with Crippen LogP contribution in [0.3, 0.4) is 0 Å². The van der Waals surface area contributed by atoms with Crippen molar-refractivity contribution in [3.8, 4) is 0 Å². The van der Waals surface area contributed by atoms with Crippen molar-refractivity contribution in [2.24, 2.45) is 11.8 Å². The van der Waals surface area contributed by atoms with Crippen molar-refractivity contribution in [2.75, 3.05) is 5.75 Å². The Bertz CT molecular complexity index is 948. The molecule has 0 aliphatic carbocycles. The molecular formula is C27H45N5O5S2. The third-order valence-electron chi connectivity index (χ3n) is 4.95. The average molecular weight is 584 g/mol. The van der Waals surface area contributed by atoms with Gasteiger partial charge in [0.1, 0.15) is 23.7 Å². The van der Waals surface area contributed by atoms with Crippen LogP contribution in [-0.4, -0.2) is 58.0 Å². The van der Waals surface area contributed by atoms with Crippen molar-refractivity contribution in [1.29, 1.82) is 0 Å². The van der Waals surface area contributed by atoms with E-state index in [2.05, 4.69) is 21.4 Å². The highest BCUT2D eigenvalue weighted by atomic mass is 33.1. The van der Waals surface area contributed by atoms with Gasteiger partial charge in [-0.25, -0.2) is 10.6 Å². The summed E-state index contributed by atoms with van der Waals surface area (Å²) in [6, 6.07) is 6.40. The second kappa shape index (κ2) is 16.0. The zero-order chi connectivity index (χ0) is 29.8. The number of nitrogens with two attached hydrogens (primary N) is 1. The molecule has 0 bridgehead atoms. The normalized spacial score (nSPS) is 14.1. The molecule has 6 N–H and O–H groups in total. The average Bonchev–Trinajstić information content (AvgIpc) is 2.80. The van der Waals surface area contributed by atoms with Gasteiger partial charge in [0.05, 0.1) is 0 Å². The summed E-state index contributed by atoms with van der Waals surface area (Å²) in [6.07, 6.45) is -0.222. The number of hydrogen-bond acceptors (Lipinski definition) is 8. The molecule has 0 radical (unpaired) electrons. The number of rotatable bonds is 13. The molecule has 0 fully saturated rings. The Balaban J connectivity index is 3.08. The van der Waals surface area contributed by atoms with Gasteiger partial charge in [-0.2, -0.15) is 0 Å². The number of amides is 4. The molecule has 10 nitrogen and oxygen atoms in total. The molecule has 0 saturated heterocycles. The Hall–Kier alpha value is -2.44. The number of carbonyl (C=O) groups excluding carboxylic acids is 4. The number of hydrogen-bond donors (Lipinski definition) is 5. The smallest absolute Gasteiger partial charge is 0.408 e. The van der Waals surface area contributed by atoms with Crippen molar-refractivity contribution < 1.29 is 23.9 Å². The first-order valence-electron chi connectivity index (χ1n) is 13.0. The van der Waals surface area contributed by atoms with Crippen molar-refractivity contribution >= 4 is 45.4 Å². The quantitative estimate of drug-likeness (QED) is 0.103. The zero-order valence-electron chi connectivity index (χ0n) is 24.3. The summed E-state index contributed by atoms with van der Waals surface area (Å²) in [7, 11) is 3.03. The van der Waals surface area contributed by atoms with Crippen molar-refractivity contribution in [3.63, 3.8) is 0 Å². The van der Waals surface area contributed by atoms with Crippen LogP contribution in [0.4, 0.5) is 4.79 Å². The van der Waals surface area contributed by atoms with E-state index < -0.39 is 47.5 Å². The van der Waals surface area contributed by atoms with E-state index in [1.54, 1.807) is 31.6 Å². The van der Waals surface area contributed by atoms with E-state index in [1.165, 1.54) is 10.8 Å². The fourth-order valence-corrected chi connectivity index (χ4v) is 5.78. The van der Waals surface area contributed by atoms with Gasteiger partial charge in [-0.3, -0.25) is 19.8 Å². The molecule has 39 heavy (non-hydrogen) atoms. The zero-order valence-corrected chi connectivity index (χ0v) is 25.9. The second-order valence-corrected chi connectivity index (χ2v) is 14.8. The minimum Gasteiger partial charge on any atom is -0.444 e. The molecule has 0 aliphatic heterocycles. The van der Waals surface area contributed by atoms with Gasteiger partial charge in [-0.05, 0) is 38.7 Å².